The maximum atomic E-state index is 12.2. The number of methoxy groups -OCH3 is 2. The van der Waals surface area contributed by atoms with Crippen LogP contribution in [0.15, 0.2) is 6.20 Å². The Kier molecular flexibility index (Phi) is 4.82. The van der Waals surface area contributed by atoms with Gasteiger partial charge in [0.15, 0.2) is 5.75 Å². The summed E-state index contributed by atoms with van der Waals surface area (Å²) in [5, 5.41) is 0. The molecule has 0 atom stereocenters. The molecule has 19 heavy (non-hydrogen) atoms. The summed E-state index contributed by atoms with van der Waals surface area (Å²) in [6, 6.07) is 0. The summed E-state index contributed by atoms with van der Waals surface area (Å²) >= 11 is 5.60. The normalized spacial score (nSPS) is 11.1. The topological polar surface area (TPSA) is 57.7 Å². The minimum atomic E-state index is -4.97. The molecule has 0 aliphatic rings. The lowest BCUT2D eigenvalue weighted by Gasteiger charge is -2.15. The van der Waals surface area contributed by atoms with Crippen LogP contribution in [0.3, 0.4) is 0 Å². The van der Waals surface area contributed by atoms with E-state index in [-0.39, 0.29) is 17.3 Å². The number of carbonyl (C=O) groups excluding carboxylic acids is 1. The van der Waals surface area contributed by atoms with Crippen molar-refractivity contribution in [1.29, 1.82) is 0 Å². The molecule has 0 bridgehead atoms. The van der Waals surface area contributed by atoms with E-state index in [4.69, 9.17) is 16.3 Å². The molecule has 0 saturated carbocycles. The van der Waals surface area contributed by atoms with Gasteiger partial charge in [-0.25, -0.2) is 9.78 Å². The van der Waals surface area contributed by atoms with E-state index >= 15 is 0 Å². The summed E-state index contributed by atoms with van der Waals surface area (Å²) < 4.78 is 49.7. The van der Waals surface area contributed by atoms with Crippen LogP contribution < -0.4 is 9.47 Å². The molecule has 1 aromatic heterocycles. The second-order valence-corrected chi connectivity index (χ2v) is 3.43. The lowest BCUT2D eigenvalue weighted by atomic mass is 10.1. The average Bonchev–Trinajstić information content (AvgIpc) is 2.35. The largest absolute Gasteiger partial charge is 0.573 e. The molecule has 0 radical (unpaired) electrons. The third kappa shape index (κ3) is 3.63. The molecule has 0 unspecified atom stereocenters. The average molecular weight is 300 g/mol. The van der Waals surface area contributed by atoms with Gasteiger partial charge < -0.3 is 14.2 Å². The fourth-order valence-electron chi connectivity index (χ4n) is 1.34. The standard InChI is InChI=1S/C10H9ClF3NO4/c1-17-8-5(3-11)7(9(16)18-2)6(4-15-8)19-10(12,13)14/h4H,3H2,1-2H3. The van der Waals surface area contributed by atoms with Crippen molar-refractivity contribution in [2.24, 2.45) is 0 Å². The zero-order valence-electron chi connectivity index (χ0n) is 9.88. The van der Waals surface area contributed by atoms with E-state index in [2.05, 4.69) is 14.5 Å². The third-order valence-electron chi connectivity index (χ3n) is 2.05. The highest BCUT2D eigenvalue weighted by atomic mass is 35.5. The summed E-state index contributed by atoms with van der Waals surface area (Å²) in [6.45, 7) is 0. The summed E-state index contributed by atoms with van der Waals surface area (Å²) in [5.41, 5.74) is -0.514. The number of carbonyl (C=O) groups is 1. The number of pyridine rings is 1. The number of ether oxygens (including phenoxy) is 3. The number of hydrogen-bond donors (Lipinski definition) is 0. The van der Waals surface area contributed by atoms with Crippen LogP contribution in [0.5, 0.6) is 11.6 Å². The predicted molar refractivity (Wildman–Crippen MR) is 58.4 cm³/mol. The number of esters is 1. The number of aromatic nitrogens is 1. The van der Waals surface area contributed by atoms with Crippen LogP contribution in [0, 0.1) is 0 Å². The molecule has 1 rings (SSSR count). The molecule has 5 nitrogen and oxygen atoms in total. The first-order chi connectivity index (χ1) is 8.84. The molecule has 0 aliphatic heterocycles. The highest BCUT2D eigenvalue weighted by molar-refractivity contribution is 6.18. The van der Waals surface area contributed by atoms with E-state index in [0.29, 0.717) is 6.20 Å². The molecule has 0 saturated heterocycles. The van der Waals surface area contributed by atoms with Crippen molar-refractivity contribution in [1.82, 2.24) is 4.98 Å². The van der Waals surface area contributed by atoms with Gasteiger partial charge in [-0.3, -0.25) is 0 Å². The van der Waals surface area contributed by atoms with Crippen LogP contribution in [-0.2, 0) is 10.6 Å². The van der Waals surface area contributed by atoms with Crippen molar-refractivity contribution < 1.29 is 32.2 Å². The summed E-state index contributed by atoms with van der Waals surface area (Å²) in [5.74, 6) is -2.20. The monoisotopic (exact) mass is 299 g/mol. The van der Waals surface area contributed by atoms with E-state index in [0.717, 1.165) is 7.11 Å². The first kappa shape index (κ1) is 15.4. The zero-order valence-corrected chi connectivity index (χ0v) is 10.6. The Morgan fingerprint density at radius 3 is 2.47 bits per heavy atom. The quantitative estimate of drug-likeness (QED) is 0.631. The van der Waals surface area contributed by atoms with Crippen LogP contribution in [0.1, 0.15) is 15.9 Å². The van der Waals surface area contributed by atoms with Gasteiger partial charge in [-0.2, -0.15) is 0 Å². The molecule has 0 aromatic carbocycles. The Morgan fingerprint density at radius 2 is 2.05 bits per heavy atom. The number of halogens is 4. The van der Waals surface area contributed by atoms with E-state index in [1.165, 1.54) is 7.11 Å². The van der Waals surface area contributed by atoms with Crippen molar-refractivity contribution >= 4 is 17.6 Å². The fraction of sp³-hybridized carbons (Fsp3) is 0.400. The Bertz CT molecular complexity index is 479. The SMILES string of the molecule is COC(=O)c1c(OC(F)(F)F)cnc(OC)c1CCl. The number of hydrogen-bond acceptors (Lipinski definition) is 5. The number of alkyl halides is 4. The van der Waals surface area contributed by atoms with E-state index in [1.807, 2.05) is 0 Å². The van der Waals surface area contributed by atoms with Gasteiger partial charge in [0, 0.05) is 5.56 Å². The molecule has 0 N–H and O–H groups in total. The van der Waals surface area contributed by atoms with Gasteiger partial charge in [0.2, 0.25) is 5.88 Å². The van der Waals surface area contributed by atoms with Crippen molar-refractivity contribution in [2.75, 3.05) is 14.2 Å². The number of nitrogens with zero attached hydrogens (tertiary/aromatic N) is 1. The summed E-state index contributed by atoms with van der Waals surface area (Å²) in [7, 11) is 2.26. The molecule has 1 heterocycles. The first-order valence-corrected chi connectivity index (χ1v) is 5.33. The second-order valence-electron chi connectivity index (χ2n) is 3.16. The molecular formula is C10H9ClF3NO4. The van der Waals surface area contributed by atoms with E-state index in [9.17, 15) is 18.0 Å². The van der Waals surface area contributed by atoms with Crippen molar-refractivity contribution in [3.05, 3.63) is 17.3 Å². The van der Waals surface area contributed by atoms with Gasteiger partial charge in [0.05, 0.1) is 26.3 Å². The smallest absolute Gasteiger partial charge is 0.481 e. The lowest BCUT2D eigenvalue weighted by molar-refractivity contribution is -0.274. The van der Waals surface area contributed by atoms with Crippen LogP contribution in [0.2, 0.25) is 0 Å². The lowest BCUT2D eigenvalue weighted by Crippen LogP contribution is -2.20. The van der Waals surface area contributed by atoms with Gasteiger partial charge in [-0.1, -0.05) is 0 Å². The maximum Gasteiger partial charge on any atom is 0.573 e. The van der Waals surface area contributed by atoms with Crippen molar-refractivity contribution in [3.63, 3.8) is 0 Å². The van der Waals surface area contributed by atoms with Gasteiger partial charge in [0.25, 0.3) is 0 Å². The Morgan fingerprint density at radius 1 is 1.42 bits per heavy atom. The molecule has 0 amide bonds. The zero-order chi connectivity index (χ0) is 14.6. The van der Waals surface area contributed by atoms with E-state index in [1.54, 1.807) is 0 Å². The first-order valence-electron chi connectivity index (χ1n) is 4.80. The molecule has 0 spiro atoms. The van der Waals surface area contributed by atoms with Crippen LogP contribution in [-0.4, -0.2) is 31.5 Å². The fourth-order valence-corrected chi connectivity index (χ4v) is 1.59. The highest BCUT2D eigenvalue weighted by Crippen LogP contribution is 2.33. The molecule has 106 valence electrons. The van der Waals surface area contributed by atoms with Crippen LogP contribution >= 0.6 is 11.6 Å². The Balaban J connectivity index is 3.42. The van der Waals surface area contributed by atoms with Crippen molar-refractivity contribution in [3.8, 4) is 11.6 Å². The number of rotatable bonds is 4. The van der Waals surface area contributed by atoms with E-state index < -0.39 is 23.6 Å². The Hall–Kier alpha value is -1.70. The van der Waals surface area contributed by atoms with Gasteiger partial charge in [-0.15, -0.1) is 24.8 Å². The molecule has 9 heteroatoms. The predicted octanol–water partition coefficient (Wildman–Crippen LogP) is 2.51. The third-order valence-corrected chi connectivity index (χ3v) is 2.31. The van der Waals surface area contributed by atoms with Crippen molar-refractivity contribution in [2.45, 2.75) is 12.2 Å². The Labute approximate surface area is 111 Å². The summed E-state index contributed by atoms with van der Waals surface area (Å²) in [4.78, 5) is 15.1. The maximum absolute atomic E-state index is 12.2. The highest BCUT2D eigenvalue weighted by Gasteiger charge is 2.35. The minimum Gasteiger partial charge on any atom is -0.481 e. The van der Waals surface area contributed by atoms with Crippen LogP contribution in [0.25, 0.3) is 0 Å². The summed E-state index contributed by atoms with van der Waals surface area (Å²) in [6.07, 6.45) is -4.25. The van der Waals surface area contributed by atoms with Crippen LogP contribution in [0.4, 0.5) is 13.2 Å². The molecule has 1 aromatic rings. The molecular weight excluding hydrogens is 291 g/mol. The molecule has 0 fully saturated rings. The van der Waals surface area contributed by atoms with Gasteiger partial charge in [0.1, 0.15) is 5.56 Å². The van der Waals surface area contributed by atoms with Gasteiger partial charge in [-0.05, 0) is 0 Å². The second kappa shape index (κ2) is 5.96. The minimum absolute atomic E-state index is 0.0437. The molecule has 0 aliphatic carbocycles. The van der Waals surface area contributed by atoms with Gasteiger partial charge >= 0.3 is 12.3 Å².